The number of rotatable bonds is 5. The number of likely N-dealkylation sites (tertiary alicyclic amines) is 1. The number of carbonyl (C=O) groups is 1. The van der Waals surface area contributed by atoms with Crippen molar-refractivity contribution in [1.82, 2.24) is 9.88 Å². The zero-order valence-corrected chi connectivity index (χ0v) is 11.8. The Bertz CT molecular complexity index is 434. The third-order valence-electron chi connectivity index (χ3n) is 3.69. The second-order valence-corrected chi connectivity index (χ2v) is 5.20. The molecular formula is C15H22N2O2. The highest BCUT2D eigenvalue weighted by Crippen LogP contribution is 2.24. The molecule has 1 aromatic heterocycles. The molecule has 0 amide bonds. The quantitative estimate of drug-likeness (QED) is 0.817. The van der Waals surface area contributed by atoms with Crippen molar-refractivity contribution in [2.24, 2.45) is 0 Å². The largest absolute Gasteiger partial charge is 0.481 e. The van der Waals surface area contributed by atoms with Gasteiger partial charge in [-0.05, 0) is 32.4 Å². The topological polar surface area (TPSA) is 42.4 Å². The molecule has 2 heterocycles. The van der Waals surface area contributed by atoms with Crippen LogP contribution in [0, 0.1) is 0 Å². The van der Waals surface area contributed by atoms with Crippen LogP contribution >= 0.6 is 0 Å². The number of hydrogen-bond acceptors (Lipinski definition) is 4. The lowest BCUT2D eigenvalue weighted by Gasteiger charge is -2.35. The third-order valence-corrected chi connectivity index (χ3v) is 3.69. The normalized spacial score (nSPS) is 20.2. The Morgan fingerprint density at radius 1 is 1.53 bits per heavy atom. The van der Waals surface area contributed by atoms with Crippen molar-refractivity contribution in [2.45, 2.75) is 45.2 Å². The molecule has 1 aliphatic rings. The summed E-state index contributed by atoms with van der Waals surface area (Å²) in [5, 5.41) is 0. The Morgan fingerprint density at radius 2 is 2.37 bits per heavy atom. The van der Waals surface area contributed by atoms with Crippen LogP contribution in [-0.2, 0) is 11.3 Å². The van der Waals surface area contributed by atoms with Crippen LogP contribution in [-0.4, -0.2) is 35.4 Å². The highest BCUT2D eigenvalue weighted by Gasteiger charge is 2.24. The van der Waals surface area contributed by atoms with Crippen LogP contribution < -0.4 is 4.74 Å². The number of pyridine rings is 1. The van der Waals surface area contributed by atoms with Gasteiger partial charge in [0.05, 0.1) is 7.11 Å². The standard InChI is InChI=1S/C15H22N2O2/c1-12(18)10-14-7-3-4-9-17(14)11-13-6-5-8-16-15(13)19-2/h5-6,8,14H,3-4,7,9-11H2,1-2H3. The average Bonchev–Trinajstić information content (AvgIpc) is 2.41. The fraction of sp³-hybridized carbons (Fsp3) is 0.600. The maximum absolute atomic E-state index is 11.4. The summed E-state index contributed by atoms with van der Waals surface area (Å²) in [6, 6.07) is 4.35. The highest BCUT2D eigenvalue weighted by atomic mass is 16.5. The number of piperidine rings is 1. The monoisotopic (exact) mass is 262 g/mol. The lowest BCUT2D eigenvalue weighted by molar-refractivity contribution is -0.118. The second-order valence-electron chi connectivity index (χ2n) is 5.20. The van der Waals surface area contributed by atoms with Gasteiger partial charge in [-0.1, -0.05) is 12.5 Å². The molecule has 0 bridgehead atoms. The molecule has 2 rings (SSSR count). The average molecular weight is 262 g/mol. The molecule has 0 saturated carbocycles. The summed E-state index contributed by atoms with van der Waals surface area (Å²) in [5.41, 5.74) is 1.10. The number of carbonyl (C=O) groups excluding carboxylic acids is 1. The molecule has 1 saturated heterocycles. The predicted octanol–water partition coefficient (Wildman–Crippen LogP) is 2.42. The molecule has 0 N–H and O–H groups in total. The van der Waals surface area contributed by atoms with Gasteiger partial charge in [-0.25, -0.2) is 4.98 Å². The first-order valence-corrected chi connectivity index (χ1v) is 6.92. The zero-order chi connectivity index (χ0) is 13.7. The molecule has 0 spiro atoms. The van der Waals surface area contributed by atoms with E-state index in [2.05, 4.69) is 9.88 Å². The van der Waals surface area contributed by atoms with E-state index in [4.69, 9.17) is 4.74 Å². The molecule has 1 aliphatic heterocycles. The predicted molar refractivity (Wildman–Crippen MR) is 74.1 cm³/mol. The van der Waals surface area contributed by atoms with Crippen molar-refractivity contribution in [3.8, 4) is 5.88 Å². The number of aromatic nitrogens is 1. The lowest BCUT2D eigenvalue weighted by Crippen LogP contribution is -2.40. The number of ether oxygens (including phenoxy) is 1. The van der Waals surface area contributed by atoms with Gasteiger partial charge in [0.15, 0.2) is 0 Å². The SMILES string of the molecule is COc1ncccc1CN1CCCCC1CC(C)=O. The maximum Gasteiger partial charge on any atom is 0.217 e. The molecule has 0 aromatic carbocycles. The van der Waals surface area contributed by atoms with Crippen LogP contribution in [0.5, 0.6) is 5.88 Å². The summed E-state index contributed by atoms with van der Waals surface area (Å²) in [5.74, 6) is 0.963. The second kappa shape index (κ2) is 6.66. The van der Waals surface area contributed by atoms with E-state index in [0.717, 1.165) is 25.1 Å². The number of hydrogen-bond donors (Lipinski definition) is 0. The fourth-order valence-electron chi connectivity index (χ4n) is 2.78. The Hall–Kier alpha value is -1.42. The molecule has 1 fully saturated rings. The van der Waals surface area contributed by atoms with E-state index in [9.17, 15) is 4.79 Å². The van der Waals surface area contributed by atoms with Crippen LogP contribution in [0.3, 0.4) is 0 Å². The lowest BCUT2D eigenvalue weighted by atomic mass is 9.97. The van der Waals surface area contributed by atoms with Crippen molar-refractivity contribution < 1.29 is 9.53 Å². The van der Waals surface area contributed by atoms with Gasteiger partial charge in [0.2, 0.25) is 5.88 Å². The van der Waals surface area contributed by atoms with E-state index in [1.54, 1.807) is 20.2 Å². The molecule has 19 heavy (non-hydrogen) atoms. The smallest absolute Gasteiger partial charge is 0.217 e. The van der Waals surface area contributed by atoms with E-state index in [1.165, 1.54) is 12.8 Å². The third kappa shape index (κ3) is 3.77. The Kier molecular flexibility index (Phi) is 4.91. The summed E-state index contributed by atoms with van der Waals surface area (Å²) in [6.45, 7) is 3.54. The molecule has 1 unspecified atom stereocenters. The van der Waals surface area contributed by atoms with Crippen molar-refractivity contribution in [1.29, 1.82) is 0 Å². The maximum atomic E-state index is 11.4. The Labute approximate surface area is 114 Å². The highest BCUT2D eigenvalue weighted by molar-refractivity contribution is 5.76. The summed E-state index contributed by atoms with van der Waals surface area (Å²) in [6.07, 6.45) is 5.94. The van der Waals surface area contributed by atoms with E-state index in [0.29, 0.717) is 18.3 Å². The van der Waals surface area contributed by atoms with Crippen molar-refractivity contribution in [3.05, 3.63) is 23.9 Å². The van der Waals surface area contributed by atoms with Crippen molar-refractivity contribution >= 4 is 5.78 Å². The van der Waals surface area contributed by atoms with Gasteiger partial charge in [-0.15, -0.1) is 0 Å². The molecule has 1 aromatic rings. The first-order chi connectivity index (χ1) is 9.20. The van der Waals surface area contributed by atoms with Crippen LogP contribution in [0.4, 0.5) is 0 Å². The van der Waals surface area contributed by atoms with E-state index in [1.807, 2.05) is 12.1 Å². The van der Waals surface area contributed by atoms with Gasteiger partial charge in [-0.2, -0.15) is 0 Å². The minimum absolute atomic E-state index is 0.273. The van der Waals surface area contributed by atoms with Crippen molar-refractivity contribution in [3.63, 3.8) is 0 Å². The minimum atomic E-state index is 0.273. The van der Waals surface area contributed by atoms with Crippen LogP contribution in [0.15, 0.2) is 18.3 Å². The molecule has 0 radical (unpaired) electrons. The fourth-order valence-corrected chi connectivity index (χ4v) is 2.78. The number of nitrogens with zero attached hydrogens (tertiary/aromatic N) is 2. The summed E-state index contributed by atoms with van der Waals surface area (Å²) in [7, 11) is 1.65. The van der Waals surface area contributed by atoms with Crippen molar-refractivity contribution in [2.75, 3.05) is 13.7 Å². The van der Waals surface area contributed by atoms with Gasteiger partial charge in [0.1, 0.15) is 5.78 Å². The van der Waals surface area contributed by atoms with Gasteiger partial charge in [0, 0.05) is 30.8 Å². The zero-order valence-electron chi connectivity index (χ0n) is 11.8. The summed E-state index contributed by atoms with van der Waals surface area (Å²) >= 11 is 0. The molecule has 104 valence electrons. The molecule has 4 heteroatoms. The van der Waals surface area contributed by atoms with Crippen LogP contribution in [0.2, 0.25) is 0 Å². The summed E-state index contributed by atoms with van der Waals surface area (Å²) in [4.78, 5) is 18.0. The number of methoxy groups -OCH3 is 1. The molecular weight excluding hydrogens is 240 g/mol. The molecule has 1 atom stereocenters. The van der Waals surface area contributed by atoms with Gasteiger partial charge >= 0.3 is 0 Å². The number of ketones is 1. The van der Waals surface area contributed by atoms with Gasteiger partial charge in [-0.3, -0.25) is 9.69 Å². The Morgan fingerprint density at radius 3 is 3.11 bits per heavy atom. The first kappa shape index (κ1) is 14.0. The molecule has 4 nitrogen and oxygen atoms in total. The van der Waals surface area contributed by atoms with Gasteiger partial charge in [0.25, 0.3) is 0 Å². The first-order valence-electron chi connectivity index (χ1n) is 6.92. The van der Waals surface area contributed by atoms with E-state index >= 15 is 0 Å². The molecule has 0 aliphatic carbocycles. The van der Waals surface area contributed by atoms with E-state index in [-0.39, 0.29) is 5.78 Å². The Balaban J connectivity index is 2.08. The number of Topliss-reactive ketones (excluding diaryl/α,β-unsaturated/α-hetero) is 1. The summed E-state index contributed by atoms with van der Waals surface area (Å²) < 4.78 is 5.30. The van der Waals surface area contributed by atoms with Gasteiger partial charge < -0.3 is 4.74 Å². The minimum Gasteiger partial charge on any atom is -0.481 e. The van der Waals surface area contributed by atoms with E-state index < -0.39 is 0 Å². The van der Waals surface area contributed by atoms with Crippen LogP contribution in [0.1, 0.15) is 38.2 Å². The van der Waals surface area contributed by atoms with Crippen LogP contribution in [0.25, 0.3) is 0 Å².